The molecule has 122 valence electrons. The van der Waals surface area contributed by atoms with Crippen LogP contribution >= 0.6 is 0 Å². The van der Waals surface area contributed by atoms with E-state index in [1.54, 1.807) is 12.4 Å². The predicted molar refractivity (Wildman–Crippen MR) is 93.2 cm³/mol. The Morgan fingerprint density at radius 3 is 2.48 bits per heavy atom. The number of nitrogens with one attached hydrogen (secondary N) is 1. The number of aliphatic hydroxyl groups excluding tert-OH is 1. The molecule has 0 radical (unpaired) electrons. The number of hydrogen-bond acceptors (Lipinski definition) is 3. The lowest BCUT2D eigenvalue weighted by Gasteiger charge is -2.30. The van der Waals surface area contributed by atoms with Crippen LogP contribution in [-0.2, 0) is 12.8 Å². The van der Waals surface area contributed by atoms with Crippen LogP contribution < -0.4 is 5.32 Å². The van der Waals surface area contributed by atoms with E-state index in [-0.39, 0.29) is 5.54 Å². The van der Waals surface area contributed by atoms with Crippen LogP contribution in [0.3, 0.4) is 0 Å². The van der Waals surface area contributed by atoms with Gasteiger partial charge in [0.15, 0.2) is 0 Å². The second-order valence-electron chi connectivity index (χ2n) is 7.31. The lowest BCUT2D eigenvalue weighted by atomic mass is 9.88. The van der Waals surface area contributed by atoms with Gasteiger partial charge in [-0.2, -0.15) is 0 Å². The molecule has 0 saturated carbocycles. The van der Waals surface area contributed by atoms with Crippen LogP contribution in [0.5, 0.6) is 0 Å². The normalized spacial score (nSPS) is 16.3. The van der Waals surface area contributed by atoms with Gasteiger partial charge in [-0.15, -0.1) is 0 Å². The second-order valence-corrected chi connectivity index (χ2v) is 7.31. The van der Waals surface area contributed by atoms with Crippen LogP contribution in [0, 0.1) is 5.92 Å². The fraction of sp³-hybridized carbons (Fsp3) is 0.450. The molecule has 1 aromatic carbocycles. The first-order valence-corrected chi connectivity index (χ1v) is 8.43. The molecule has 1 unspecified atom stereocenters. The van der Waals surface area contributed by atoms with Gasteiger partial charge < -0.3 is 10.4 Å². The van der Waals surface area contributed by atoms with E-state index < -0.39 is 6.10 Å². The van der Waals surface area contributed by atoms with E-state index in [0.717, 1.165) is 12.0 Å². The molecule has 0 fully saturated rings. The van der Waals surface area contributed by atoms with Gasteiger partial charge in [-0.05, 0) is 56.2 Å². The van der Waals surface area contributed by atoms with E-state index >= 15 is 0 Å². The summed E-state index contributed by atoms with van der Waals surface area (Å²) in [6.07, 6.45) is 6.40. The average molecular weight is 310 g/mol. The molecule has 3 rings (SSSR count). The molecule has 1 atom stereocenters. The minimum Gasteiger partial charge on any atom is -0.387 e. The number of aromatic nitrogens is 1. The molecule has 3 nitrogen and oxygen atoms in total. The van der Waals surface area contributed by atoms with Crippen LogP contribution in [0.25, 0.3) is 0 Å². The maximum absolute atomic E-state index is 10.3. The summed E-state index contributed by atoms with van der Waals surface area (Å²) in [6, 6.07) is 12.5. The lowest BCUT2D eigenvalue weighted by molar-refractivity contribution is 0.155. The van der Waals surface area contributed by atoms with E-state index in [4.69, 9.17) is 0 Å². The molecule has 1 heterocycles. The summed E-state index contributed by atoms with van der Waals surface area (Å²) >= 11 is 0. The molecular formula is C20H26N2O. The number of hydrogen-bond donors (Lipinski definition) is 2. The third kappa shape index (κ3) is 4.18. The number of aliphatic hydroxyl groups is 1. The van der Waals surface area contributed by atoms with Gasteiger partial charge in [0, 0.05) is 30.0 Å². The molecule has 2 N–H and O–H groups in total. The van der Waals surface area contributed by atoms with Gasteiger partial charge in [0.05, 0.1) is 6.10 Å². The van der Waals surface area contributed by atoms with Gasteiger partial charge in [0.1, 0.15) is 0 Å². The maximum Gasteiger partial charge on any atom is 0.0929 e. The van der Waals surface area contributed by atoms with Crippen LogP contribution in [0.4, 0.5) is 0 Å². The van der Waals surface area contributed by atoms with Gasteiger partial charge in [-0.3, -0.25) is 4.98 Å². The van der Waals surface area contributed by atoms with Gasteiger partial charge in [-0.1, -0.05) is 30.3 Å². The highest BCUT2D eigenvalue weighted by Crippen LogP contribution is 2.32. The van der Waals surface area contributed by atoms with Gasteiger partial charge in [0.25, 0.3) is 0 Å². The molecule has 3 heteroatoms. The van der Waals surface area contributed by atoms with Crippen molar-refractivity contribution in [2.24, 2.45) is 5.92 Å². The monoisotopic (exact) mass is 310 g/mol. The van der Waals surface area contributed by atoms with Crippen molar-refractivity contribution in [3.05, 3.63) is 65.5 Å². The number of benzene rings is 1. The van der Waals surface area contributed by atoms with Gasteiger partial charge in [0.2, 0.25) is 0 Å². The van der Waals surface area contributed by atoms with Crippen molar-refractivity contribution in [1.29, 1.82) is 0 Å². The van der Waals surface area contributed by atoms with Crippen molar-refractivity contribution < 1.29 is 5.11 Å². The highest BCUT2D eigenvalue weighted by atomic mass is 16.3. The van der Waals surface area contributed by atoms with Crippen molar-refractivity contribution in [2.45, 2.75) is 44.8 Å². The van der Waals surface area contributed by atoms with E-state index in [1.165, 1.54) is 24.0 Å². The highest BCUT2D eigenvalue weighted by molar-refractivity contribution is 5.32. The molecule has 1 aliphatic carbocycles. The molecule has 1 aliphatic rings. The first-order chi connectivity index (χ1) is 11.0. The van der Waals surface area contributed by atoms with Crippen LogP contribution in [-0.4, -0.2) is 22.2 Å². The lowest BCUT2D eigenvalue weighted by Crippen LogP contribution is -2.43. The first kappa shape index (κ1) is 16.2. The molecule has 0 amide bonds. The number of fused-ring (bicyclic) bond motifs is 1. The highest BCUT2D eigenvalue weighted by Gasteiger charge is 2.28. The molecular weight excluding hydrogens is 284 g/mol. The zero-order valence-corrected chi connectivity index (χ0v) is 14.0. The predicted octanol–water partition coefficient (Wildman–Crippen LogP) is 3.29. The van der Waals surface area contributed by atoms with Crippen molar-refractivity contribution in [2.75, 3.05) is 6.54 Å². The Morgan fingerprint density at radius 2 is 1.87 bits per heavy atom. The molecule has 0 saturated heterocycles. The van der Waals surface area contributed by atoms with Crippen molar-refractivity contribution >= 4 is 0 Å². The Balaban J connectivity index is 1.52. The largest absolute Gasteiger partial charge is 0.387 e. The molecule has 0 aliphatic heterocycles. The van der Waals surface area contributed by atoms with E-state index in [2.05, 4.69) is 48.4 Å². The average Bonchev–Trinajstić information content (AvgIpc) is 2.95. The van der Waals surface area contributed by atoms with E-state index in [9.17, 15) is 5.11 Å². The number of pyridine rings is 1. The number of rotatable bonds is 6. The third-order valence-corrected chi connectivity index (χ3v) is 4.78. The zero-order chi connectivity index (χ0) is 16.3. The summed E-state index contributed by atoms with van der Waals surface area (Å²) in [7, 11) is 0. The summed E-state index contributed by atoms with van der Waals surface area (Å²) < 4.78 is 0. The third-order valence-electron chi connectivity index (χ3n) is 4.78. The molecule has 1 aromatic heterocycles. The van der Waals surface area contributed by atoms with Crippen molar-refractivity contribution in [3.63, 3.8) is 0 Å². The Morgan fingerprint density at radius 1 is 1.17 bits per heavy atom. The molecule has 2 aromatic rings. The minimum atomic E-state index is -0.510. The fourth-order valence-corrected chi connectivity index (χ4v) is 3.65. The molecule has 23 heavy (non-hydrogen) atoms. The number of nitrogens with zero attached hydrogens (tertiary/aromatic N) is 1. The first-order valence-electron chi connectivity index (χ1n) is 8.43. The molecule has 0 spiro atoms. The Labute approximate surface area is 138 Å². The summed E-state index contributed by atoms with van der Waals surface area (Å²) in [5.74, 6) is 0.686. The minimum absolute atomic E-state index is 0.00982. The topological polar surface area (TPSA) is 45.1 Å². The van der Waals surface area contributed by atoms with E-state index in [0.29, 0.717) is 12.5 Å². The zero-order valence-electron chi connectivity index (χ0n) is 14.0. The quantitative estimate of drug-likeness (QED) is 0.860. The standard InChI is InChI=1S/C20H26N2O/c1-20(2,22-14-19(23)18-8-5-9-21-13-18)12-15-10-16-6-3-4-7-17(16)11-15/h3-9,13,15,19,22-23H,10-12,14H2,1-2H3. The molecule has 0 bridgehead atoms. The van der Waals surface area contributed by atoms with Crippen LogP contribution in [0.2, 0.25) is 0 Å². The van der Waals surface area contributed by atoms with E-state index in [1.807, 2.05) is 12.1 Å². The fourth-order valence-electron chi connectivity index (χ4n) is 3.65. The van der Waals surface area contributed by atoms with Gasteiger partial charge >= 0.3 is 0 Å². The summed E-state index contributed by atoms with van der Waals surface area (Å²) in [6.45, 7) is 5.01. The Kier molecular flexibility index (Phi) is 4.79. The van der Waals surface area contributed by atoms with Crippen LogP contribution in [0.15, 0.2) is 48.8 Å². The van der Waals surface area contributed by atoms with Gasteiger partial charge in [-0.25, -0.2) is 0 Å². The van der Waals surface area contributed by atoms with Crippen molar-refractivity contribution in [1.82, 2.24) is 10.3 Å². The second kappa shape index (κ2) is 6.81. The Hall–Kier alpha value is -1.71. The summed E-state index contributed by atoms with van der Waals surface area (Å²) in [4.78, 5) is 4.07. The summed E-state index contributed by atoms with van der Waals surface area (Å²) in [5.41, 5.74) is 3.88. The Bertz CT molecular complexity index is 614. The SMILES string of the molecule is CC(C)(CC1Cc2ccccc2C1)NCC(O)c1cccnc1. The number of β-amino-alcohol motifs (C(OH)–C–C–N with tert-alkyl or cyclic N) is 1. The smallest absolute Gasteiger partial charge is 0.0929 e. The van der Waals surface area contributed by atoms with Crippen molar-refractivity contribution in [3.8, 4) is 0 Å². The maximum atomic E-state index is 10.3. The summed E-state index contributed by atoms with van der Waals surface area (Å²) in [5, 5.41) is 13.8. The van der Waals surface area contributed by atoms with Crippen LogP contribution in [0.1, 0.15) is 43.1 Å².